The van der Waals surface area contributed by atoms with E-state index in [0.29, 0.717) is 11.1 Å². The first-order valence-corrected chi connectivity index (χ1v) is 6.07. The van der Waals surface area contributed by atoms with E-state index in [1.165, 1.54) is 12.1 Å². The Labute approximate surface area is 86.8 Å². The van der Waals surface area contributed by atoms with Crippen LogP contribution in [0.25, 0.3) is 11.1 Å². The smallest absolute Gasteiger partial charge is 0.292 e. The summed E-state index contributed by atoms with van der Waals surface area (Å²) in [5.41, 5.74) is 6.30. The van der Waals surface area contributed by atoms with Gasteiger partial charge in [0.05, 0.1) is 10.6 Å². The molecule has 6 heteroatoms. The normalized spacial score (nSPS) is 12.1. The number of hydrogen-bond donors (Lipinski definition) is 1. The molecule has 15 heavy (non-hydrogen) atoms. The van der Waals surface area contributed by atoms with Crippen LogP contribution in [-0.2, 0) is 9.84 Å². The van der Waals surface area contributed by atoms with E-state index in [-0.39, 0.29) is 16.7 Å². The van der Waals surface area contributed by atoms with E-state index in [9.17, 15) is 8.42 Å². The fourth-order valence-electron chi connectivity index (χ4n) is 1.29. The second-order valence-corrected chi connectivity index (χ2v) is 5.36. The van der Waals surface area contributed by atoms with Gasteiger partial charge >= 0.3 is 0 Å². The summed E-state index contributed by atoms with van der Waals surface area (Å²) < 4.78 is 28.2. The summed E-state index contributed by atoms with van der Waals surface area (Å²) in [5.74, 6) is 0.0613. The van der Waals surface area contributed by atoms with Crippen LogP contribution in [0.5, 0.6) is 0 Å². The number of hydrogen-bond acceptors (Lipinski definition) is 5. The van der Waals surface area contributed by atoms with E-state index in [2.05, 4.69) is 4.98 Å². The third-order valence-corrected chi connectivity index (χ3v) is 3.85. The Morgan fingerprint density at radius 3 is 2.87 bits per heavy atom. The Hall–Kier alpha value is -1.56. The molecule has 80 valence electrons. The van der Waals surface area contributed by atoms with E-state index in [1.54, 1.807) is 13.0 Å². The summed E-state index contributed by atoms with van der Waals surface area (Å²) in [7, 11) is -3.20. The molecule has 0 atom stereocenters. The molecule has 0 aliphatic rings. The van der Waals surface area contributed by atoms with Gasteiger partial charge in [-0.25, -0.2) is 8.42 Å². The third kappa shape index (κ3) is 1.68. The van der Waals surface area contributed by atoms with Gasteiger partial charge < -0.3 is 10.2 Å². The predicted octanol–water partition coefficient (Wildman–Crippen LogP) is 1.20. The molecule has 0 saturated carbocycles. The minimum atomic E-state index is -3.20. The van der Waals surface area contributed by atoms with Gasteiger partial charge in [-0.05, 0) is 18.2 Å². The minimum Gasteiger partial charge on any atom is -0.424 e. The molecule has 0 radical (unpaired) electrons. The molecular formula is C9H10N2O3S. The number of nitrogen functional groups attached to an aromatic ring is 1. The van der Waals surface area contributed by atoms with Crippen LogP contribution in [0.1, 0.15) is 6.92 Å². The summed E-state index contributed by atoms with van der Waals surface area (Å²) in [5, 5.41) is 0. The van der Waals surface area contributed by atoms with Gasteiger partial charge in [0.25, 0.3) is 6.01 Å². The van der Waals surface area contributed by atoms with Gasteiger partial charge in [0.1, 0.15) is 5.52 Å². The second-order valence-electron chi connectivity index (χ2n) is 3.09. The van der Waals surface area contributed by atoms with Crippen LogP contribution in [0.4, 0.5) is 6.01 Å². The standard InChI is InChI=1S/C9H10N2O3S/c1-2-15(12,13)6-3-4-8-7(5-6)11-9(10)14-8/h3-5H,2H2,1H3,(H2,10,11). The lowest BCUT2D eigenvalue weighted by Gasteiger charge is -1.99. The van der Waals surface area contributed by atoms with E-state index < -0.39 is 9.84 Å². The number of nitrogens with two attached hydrogens (primary N) is 1. The maximum atomic E-state index is 11.6. The number of benzene rings is 1. The van der Waals surface area contributed by atoms with E-state index in [1.807, 2.05) is 0 Å². The van der Waals surface area contributed by atoms with Crippen molar-refractivity contribution in [1.82, 2.24) is 4.98 Å². The molecule has 0 aliphatic heterocycles. The number of oxazole rings is 1. The van der Waals surface area contributed by atoms with Gasteiger partial charge in [-0.1, -0.05) is 6.92 Å². The number of sulfone groups is 1. The summed E-state index contributed by atoms with van der Waals surface area (Å²) in [6, 6.07) is 4.55. The molecule has 0 unspecified atom stereocenters. The van der Waals surface area contributed by atoms with Crippen molar-refractivity contribution in [1.29, 1.82) is 0 Å². The Kier molecular flexibility index (Phi) is 2.15. The Balaban J connectivity index is 2.66. The molecule has 0 bridgehead atoms. The molecule has 0 saturated heterocycles. The number of rotatable bonds is 2. The molecule has 0 spiro atoms. The van der Waals surface area contributed by atoms with Crippen molar-refractivity contribution >= 4 is 27.0 Å². The van der Waals surface area contributed by atoms with Crippen molar-refractivity contribution in [2.24, 2.45) is 0 Å². The number of nitrogens with zero attached hydrogens (tertiary/aromatic N) is 1. The summed E-state index contributed by atoms with van der Waals surface area (Å²) in [6.45, 7) is 1.59. The average Bonchev–Trinajstić information content (AvgIpc) is 2.56. The van der Waals surface area contributed by atoms with Gasteiger partial charge in [-0.15, -0.1) is 0 Å². The highest BCUT2D eigenvalue weighted by molar-refractivity contribution is 7.91. The SMILES string of the molecule is CCS(=O)(=O)c1ccc2oc(N)nc2c1. The van der Waals surface area contributed by atoms with Crippen molar-refractivity contribution in [2.75, 3.05) is 11.5 Å². The first kappa shape index (κ1) is 9.97. The van der Waals surface area contributed by atoms with Gasteiger partial charge in [0.2, 0.25) is 0 Å². The van der Waals surface area contributed by atoms with Gasteiger partial charge in [-0.2, -0.15) is 4.98 Å². The van der Waals surface area contributed by atoms with Gasteiger partial charge in [0.15, 0.2) is 15.4 Å². The fraction of sp³-hybridized carbons (Fsp3) is 0.222. The Morgan fingerprint density at radius 1 is 1.47 bits per heavy atom. The molecule has 0 fully saturated rings. The molecule has 0 amide bonds. The zero-order chi connectivity index (χ0) is 11.1. The van der Waals surface area contributed by atoms with Crippen LogP contribution >= 0.6 is 0 Å². The molecule has 1 aromatic heterocycles. The Bertz CT molecular complexity index is 601. The number of aromatic nitrogens is 1. The largest absolute Gasteiger partial charge is 0.424 e. The van der Waals surface area contributed by atoms with E-state index in [0.717, 1.165) is 0 Å². The molecule has 0 aliphatic carbocycles. The zero-order valence-corrected chi connectivity index (χ0v) is 8.91. The molecule has 2 N–H and O–H groups in total. The van der Waals surface area contributed by atoms with Crippen molar-refractivity contribution < 1.29 is 12.8 Å². The summed E-state index contributed by atoms with van der Waals surface area (Å²) in [6.07, 6.45) is 0. The lowest BCUT2D eigenvalue weighted by molar-refractivity contribution is 0.597. The van der Waals surface area contributed by atoms with Crippen LogP contribution in [-0.4, -0.2) is 19.2 Å². The molecular weight excluding hydrogens is 216 g/mol. The van der Waals surface area contributed by atoms with Crippen molar-refractivity contribution in [3.8, 4) is 0 Å². The Morgan fingerprint density at radius 2 is 2.20 bits per heavy atom. The van der Waals surface area contributed by atoms with E-state index >= 15 is 0 Å². The van der Waals surface area contributed by atoms with Crippen LogP contribution in [0.3, 0.4) is 0 Å². The molecule has 1 heterocycles. The predicted molar refractivity (Wildman–Crippen MR) is 56.1 cm³/mol. The highest BCUT2D eigenvalue weighted by atomic mass is 32.2. The highest BCUT2D eigenvalue weighted by Crippen LogP contribution is 2.21. The van der Waals surface area contributed by atoms with Crippen molar-refractivity contribution in [3.05, 3.63) is 18.2 Å². The third-order valence-electron chi connectivity index (χ3n) is 2.11. The van der Waals surface area contributed by atoms with Crippen LogP contribution in [0.2, 0.25) is 0 Å². The topological polar surface area (TPSA) is 86.2 Å². The van der Waals surface area contributed by atoms with Crippen LogP contribution in [0.15, 0.2) is 27.5 Å². The molecule has 2 rings (SSSR count). The first-order valence-electron chi connectivity index (χ1n) is 4.42. The maximum Gasteiger partial charge on any atom is 0.292 e. The van der Waals surface area contributed by atoms with Crippen LogP contribution in [0, 0.1) is 0 Å². The maximum absolute atomic E-state index is 11.6. The fourth-order valence-corrected chi connectivity index (χ4v) is 2.19. The zero-order valence-electron chi connectivity index (χ0n) is 8.10. The lowest BCUT2D eigenvalue weighted by atomic mass is 10.3. The summed E-state index contributed by atoms with van der Waals surface area (Å²) in [4.78, 5) is 4.11. The summed E-state index contributed by atoms with van der Waals surface area (Å²) >= 11 is 0. The molecule has 1 aromatic carbocycles. The van der Waals surface area contributed by atoms with Crippen LogP contribution < -0.4 is 5.73 Å². The van der Waals surface area contributed by atoms with E-state index in [4.69, 9.17) is 10.2 Å². The number of fused-ring (bicyclic) bond motifs is 1. The quantitative estimate of drug-likeness (QED) is 0.831. The average molecular weight is 226 g/mol. The molecule has 2 aromatic rings. The van der Waals surface area contributed by atoms with Gasteiger partial charge in [-0.3, -0.25) is 0 Å². The van der Waals surface area contributed by atoms with Gasteiger partial charge in [0, 0.05) is 0 Å². The second kappa shape index (κ2) is 3.23. The van der Waals surface area contributed by atoms with Crippen molar-refractivity contribution in [3.63, 3.8) is 0 Å². The first-order chi connectivity index (χ1) is 7.03. The van der Waals surface area contributed by atoms with Crippen molar-refractivity contribution in [2.45, 2.75) is 11.8 Å². The monoisotopic (exact) mass is 226 g/mol. The molecule has 5 nitrogen and oxygen atoms in total. The highest BCUT2D eigenvalue weighted by Gasteiger charge is 2.13. The number of anilines is 1. The lowest BCUT2D eigenvalue weighted by Crippen LogP contribution is -2.03. The minimum absolute atomic E-state index is 0.0380.